The van der Waals surface area contributed by atoms with Crippen molar-refractivity contribution < 1.29 is 9.84 Å². The first kappa shape index (κ1) is 19.1. The number of hydrogen-bond acceptors (Lipinski definition) is 4. The van der Waals surface area contributed by atoms with E-state index in [1.807, 2.05) is 24.3 Å². The summed E-state index contributed by atoms with van der Waals surface area (Å²) in [5.41, 5.74) is 5.16. The van der Waals surface area contributed by atoms with E-state index in [-0.39, 0.29) is 6.61 Å². The van der Waals surface area contributed by atoms with Gasteiger partial charge in [-0.1, -0.05) is 36.4 Å². The molecule has 1 heterocycles. The van der Waals surface area contributed by atoms with E-state index in [0.717, 1.165) is 42.1 Å². The third kappa shape index (κ3) is 5.16. The molecule has 0 radical (unpaired) electrons. The summed E-state index contributed by atoms with van der Waals surface area (Å²) in [4.78, 5) is 6.77. The van der Waals surface area contributed by atoms with Gasteiger partial charge in [-0.2, -0.15) is 0 Å². The summed E-state index contributed by atoms with van der Waals surface area (Å²) in [5, 5.41) is 9.40. The molecular weight excluding hydrogens is 336 g/mol. The number of methoxy groups -OCH3 is 1. The maximum Gasteiger partial charge on any atom is 0.128 e. The predicted molar refractivity (Wildman–Crippen MR) is 109 cm³/mol. The summed E-state index contributed by atoms with van der Waals surface area (Å²) in [6.07, 6.45) is 2.75. The Hall–Kier alpha value is -2.69. The molecule has 0 fully saturated rings. The molecule has 0 amide bonds. The Bertz CT molecular complexity index is 865. The van der Waals surface area contributed by atoms with Crippen molar-refractivity contribution in [1.82, 2.24) is 9.88 Å². The van der Waals surface area contributed by atoms with Gasteiger partial charge in [0.25, 0.3) is 0 Å². The number of ether oxygens (including phenoxy) is 1. The molecule has 0 aliphatic rings. The summed E-state index contributed by atoms with van der Waals surface area (Å²) < 4.78 is 5.52. The Morgan fingerprint density at radius 2 is 1.78 bits per heavy atom. The molecule has 0 atom stereocenters. The van der Waals surface area contributed by atoms with Gasteiger partial charge in [-0.15, -0.1) is 0 Å². The van der Waals surface area contributed by atoms with E-state index in [4.69, 9.17) is 4.74 Å². The van der Waals surface area contributed by atoms with Crippen molar-refractivity contribution in [2.45, 2.75) is 19.6 Å². The fraction of sp³-hybridized carbons (Fsp3) is 0.261. The fourth-order valence-electron chi connectivity index (χ4n) is 3.13. The highest BCUT2D eigenvalue weighted by atomic mass is 16.5. The minimum absolute atomic E-state index is 0.000248. The lowest BCUT2D eigenvalue weighted by Crippen LogP contribution is -2.20. The number of rotatable bonds is 8. The molecule has 0 bridgehead atoms. The van der Waals surface area contributed by atoms with Crippen LogP contribution in [0.3, 0.4) is 0 Å². The Morgan fingerprint density at radius 1 is 0.963 bits per heavy atom. The van der Waals surface area contributed by atoms with E-state index < -0.39 is 0 Å². The average Bonchev–Trinajstić information content (AvgIpc) is 2.73. The molecule has 0 aliphatic heterocycles. The lowest BCUT2D eigenvalue weighted by atomic mass is 10.0. The monoisotopic (exact) mass is 362 g/mol. The van der Waals surface area contributed by atoms with Crippen molar-refractivity contribution in [1.29, 1.82) is 0 Å². The minimum Gasteiger partial charge on any atom is -0.496 e. The van der Waals surface area contributed by atoms with Crippen molar-refractivity contribution in [3.05, 3.63) is 83.6 Å². The highest BCUT2D eigenvalue weighted by molar-refractivity contribution is 5.68. The van der Waals surface area contributed by atoms with E-state index >= 15 is 0 Å². The second kappa shape index (κ2) is 9.31. The maximum absolute atomic E-state index is 9.40. The molecule has 3 aromatic rings. The van der Waals surface area contributed by atoms with Crippen LogP contribution < -0.4 is 4.74 Å². The smallest absolute Gasteiger partial charge is 0.128 e. The van der Waals surface area contributed by atoms with E-state index in [9.17, 15) is 5.11 Å². The first-order chi connectivity index (χ1) is 13.2. The second-order valence-corrected chi connectivity index (χ2v) is 6.72. The molecule has 140 valence electrons. The van der Waals surface area contributed by atoms with Crippen LogP contribution in [0.4, 0.5) is 0 Å². The molecule has 0 saturated carbocycles. The second-order valence-electron chi connectivity index (χ2n) is 6.72. The number of aliphatic hydroxyl groups is 1. The number of nitrogens with zero attached hydrogens (tertiary/aromatic N) is 2. The third-order valence-electron chi connectivity index (χ3n) is 4.62. The molecule has 0 unspecified atom stereocenters. The molecule has 0 aliphatic carbocycles. The summed E-state index contributed by atoms with van der Waals surface area (Å²) in [7, 11) is 3.80. The third-order valence-corrected chi connectivity index (χ3v) is 4.62. The summed E-state index contributed by atoms with van der Waals surface area (Å²) in [5.74, 6) is 0.785. The van der Waals surface area contributed by atoms with Gasteiger partial charge in [0.05, 0.1) is 19.4 Å². The Balaban J connectivity index is 1.74. The summed E-state index contributed by atoms with van der Waals surface area (Å²) in [6, 6.07) is 20.5. The van der Waals surface area contributed by atoms with Gasteiger partial charge in [0, 0.05) is 24.8 Å². The Labute approximate surface area is 161 Å². The average molecular weight is 362 g/mol. The molecule has 2 aromatic carbocycles. The van der Waals surface area contributed by atoms with Crippen LogP contribution in [0, 0.1) is 0 Å². The standard InChI is InChI=1S/C23H26N2O2/c1-25(13-11-18-6-4-3-5-7-18)16-19-8-9-23(27-2)21(14-19)22-15-20(17-26)10-12-24-22/h3-10,12,14-15,26H,11,13,16-17H2,1-2H3. The first-order valence-electron chi connectivity index (χ1n) is 9.15. The number of likely N-dealkylation sites (N-methyl/N-ethyl adjacent to an activating group) is 1. The molecule has 27 heavy (non-hydrogen) atoms. The van der Waals surface area contributed by atoms with Crippen LogP contribution in [0.5, 0.6) is 5.75 Å². The molecule has 4 nitrogen and oxygen atoms in total. The molecule has 1 aromatic heterocycles. The van der Waals surface area contributed by atoms with Crippen molar-refractivity contribution in [2.24, 2.45) is 0 Å². The van der Waals surface area contributed by atoms with Crippen molar-refractivity contribution in [3.8, 4) is 17.0 Å². The van der Waals surface area contributed by atoms with Gasteiger partial charge in [-0.25, -0.2) is 0 Å². The van der Waals surface area contributed by atoms with Gasteiger partial charge in [0.15, 0.2) is 0 Å². The zero-order valence-electron chi connectivity index (χ0n) is 15.9. The van der Waals surface area contributed by atoms with Gasteiger partial charge in [-0.3, -0.25) is 4.98 Å². The zero-order valence-corrected chi connectivity index (χ0v) is 15.9. The number of benzene rings is 2. The van der Waals surface area contributed by atoms with E-state index in [0.29, 0.717) is 0 Å². The molecule has 0 spiro atoms. The lowest BCUT2D eigenvalue weighted by molar-refractivity contribution is 0.282. The normalized spacial score (nSPS) is 11.0. The Kier molecular flexibility index (Phi) is 6.58. The lowest BCUT2D eigenvalue weighted by Gasteiger charge is -2.18. The van der Waals surface area contributed by atoms with Crippen LogP contribution in [-0.2, 0) is 19.6 Å². The van der Waals surface area contributed by atoms with Gasteiger partial charge in [-0.05, 0) is 54.4 Å². The van der Waals surface area contributed by atoms with Crippen LogP contribution >= 0.6 is 0 Å². The van der Waals surface area contributed by atoms with Crippen LogP contribution in [0.25, 0.3) is 11.3 Å². The molecular formula is C23H26N2O2. The van der Waals surface area contributed by atoms with Gasteiger partial charge >= 0.3 is 0 Å². The minimum atomic E-state index is -0.000248. The highest BCUT2D eigenvalue weighted by Gasteiger charge is 2.10. The van der Waals surface area contributed by atoms with Gasteiger partial charge < -0.3 is 14.7 Å². The van der Waals surface area contributed by atoms with E-state index in [2.05, 4.69) is 53.3 Å². The molecule has 4 heteroatoms. The number of hydrogen-bond donors (Lipinski definition) is 1. The van der Waals surface area contributed by atoms with Gasteiger partial charge in [0.1, 0.15) is 5.75 Å². The topological polar surface area (TPSA) is 45.6 Å². The first-order valence-corrected chi connectivity index (χ1v) is 9.15. The Morgan fingerprint density at radius 3 is 2.52 bits per heavy atom. The van der Waals surface area contributed by atoms with Crippen LogP contribution in [0.2, 0.25) is 0 Å². The maximum atomic E-state index is 9.40. The van der Waals surface area contributed by atoms with Gasteiger partial charge in [0.2, 0.25) is 0 Å². The molecule has 0 saturated heterocycles. The van der Waals surface area contributed by atoms with Crippen LogP contribution in [-0.4, -0.2) is 35.7 Å². The predicted octanol–water partition coefficient (Wildman–Crippen LogP) is 3.92. The summed E-state index contributed by atoms with van der Waals surface area (Å²) in [6.45, 7) is 1.84. The van der Waals surface area contributed by atoms with Crippen LogP contribution in [0.15, 0.2) is 66.9 Å². The zero-order chi connectivity index (χ0) is 19.1. The quantitative estimate of drug-likeness (QED) is 0.660. The van der Waals surface area contributed by atoms with Crippen LogP contribution in [0.1, 0.15) is 16.7 Å². The number of aliphatic hydroxyl groups excluding tert-OH is 1. The van der Waals surface area contributed by atoms with E-state index in [1.54, 1.807) is 13.3 Å². The number of aromatic nitrogens is 1. The largest absolute Gasteiger partial charge is 0.496 e. The number of pyridine rings is 1. The van der Waals surface area contributed by atoms with Crippen molar-refractivity contribution in [3.63, 3.8) is 0 Å². The van der Waals surface area contributed by atoms with E-state index in [1.165, 1.54) is 11.1 Å². The summed E-state index contributed by atoms with van der Waals surface area (Å²) >= 11 is 0. The molecule has 3 rings (SSSR count). The van der Waals surface area contributed by atoms with Crippen molar-refractivity contribution in [2.75, 3.05) is 20.7 Å². The SMILES string of the molecule is COc1ccc(CN(C)CCc2ccccc2)cc1-c1cc(CO)ccn1. The fourth-order valence-corrected chi connectivity index (χ4v) is 3.13. The van der Waals surface area contributed by atoms with Crippen molar-refractivity contribution >= 4 is 0 Å². The highest BCUT2D eigenvalue weighted by Crippen LogP contribution is 2.30. The molecule has 1 N–H and O–H groups in total.